The van der Waals surface area contributed by atoms with Gasteiger partial charge in [-0.2, -0.15) is 5.10 Å². The van der Waals surface area contributed by atoms with E-state index >= 15 is 0 Å². The van der Waals surface area contributed by atoms with Gasteiger partial charge in [-0.05, 0) is 42.5 Å². The highest BCUT2D eigenvalue weighted by atomic mass is 35.5. The molecule has 0 bridgehead atoms. The predicted octanol–water partition coefficient (Wildman–Crippen LogP) is 5.69. The van der Waals surface area contributed by atoms with Gasteiger partial charge in [0.15, 0.2) is 0 Å². The van der Waals surface area contributed by atoms with Gasteiger partial charge in [-0.3, -0.25) is 9.58 Å². The van der Waals surface area contributed by atoms with E-state index in [0.29, 0.717) is 35.6 Å². The number of halogens is 3. The standard InChI is InChI=1S/C22H24Cl3N3O2/c1-29-21-6-4-18(24)10-16(21)13-27(15-20(12-23)28-9-3-8-26-28)14-17-11-19(25)5-7-22(17)30-2/h3-11,20H,12-15H2,1-2H3/t20-/m0/s1. The zero-order chi connectivity index (χ0) is 21.5. The number of methoxy groups -OCH3 is 2. The van der Waals surface area contributed by atoms with Crippen LogP contribution in [0.3, 0.4) is 0 Å². The number of benzene rings is 2. The SMILES string of the molecule is COc1ccc(Cl)cc1CN(Cc1cc(Cl)ccc1OC)C[C@H](CCl)n1cccn1. The Morgan fingerprint density at radius 3 is 1.97 bits per heavy atom. The maximum absolute atomic E-state index is 6.30. The van der Waals surface area contributed by atoms with Crippen LogP contribution in [0.1, 0.15) is 17.2 Å². The van der Waals surface area contributed by atoms with Crippen LogP contribution in [0.4, 0.5) is 0 Å². The van der Waals surface area contributed by atoms with Crippen molar-refractivity contribution in [3.8, 4) is 11.5 Å². The summed E-state index contributed by atoms with van der Waals surface area (Å²) in [6.07, 6.45) is 3.68. The lowest BCUT2D eigenvalue weighted by atomic mass is 10.1. The zero-order valence-corrected chi connectivity index (χ0v) is 19.2. The Balaban J connectivity index is 1.92. The molecule has 3 rings (SSSR count). The molecule has 0 aliphatic heterocycles. The Morgan fingerprint density at radius 1 is 0.967 bits per heavy atom. The summed E-state index contributed by atoms with van der Waals surface area (Å²) in [6.45, 7) is 1.87. The Bertz CT molecular complexity index is 895. The summed E-state index contributed by atoms with van der Waals surface area (Å²) in [7, 11) is 3.31. The molecule has 0 aliphatic carbocycles. The Hall–Kier alpha value is -1.92. The summed E-state index contributed by atoms with van der Waals surface area (Å²) in [6, 6.07) is 13.1. The van der Waals surface area contributed by atoms with Crippen molar-refractivity contribution in [2.24, 2.45) is 0 Å². The molecule has 0 N–H and O–H groups in total. The van der Waals surface area contributed by atoms with Gasteiger partial charge in [0.2, 0.25) is 0 Å². The third-order valence-corrected chi connectivity index (χ3v) is 5.65. The van der Waals surface area contributed by atoms with Crippen molar-refractivity contribution in [2.75, 3.05) is 26.6 Å². The number of rotatable bonds is 10. The molecule has 0 radical (unpaired) electrons. The topological polar surface area (TPSA) is 39.5 Å². The molecule has 0 unspecified atom stereocenters. The minimum absolute atomic E-state index is 0.00275. The van der Waals surface area contributed by atoms with Gasteiger partial charge in [0.25, 0.3) is 0 Å². The van der Waals surface area contributed by atoms with Crippen molar-refractivity contribution < 1.29 is 9.47 Å². The summed E-state index contributed by atoms with van der Waals surface area (Å²) in [5.41, 5.74) is 1.97. The van der Waals surface area contributed by atoms with Crippen molar-refractivity contribution in [1.29, 1.82) is 0 Å². The van der Waals surface area contributed by atoms with Gasteiger partial charge in [-0.1, -0.05) is 23.2 Å². The van der Waals surface area contributed by atoms with E-state index in [-0.39, 0.29) is 6.04 Å². The molecule has 0 aliphatic rings. The molecule has 1 atom stereocenters. The summed E-state index contributed by atoms with van der Waals surface area (Å²) in [4.78, 5) is 2.26. The second kappa shape index (κ2) is 10.9. The third kappa shape index (κ3) is 5.82. The van der Waals surface area contributed by atoms with Gasteiger partial charge in [0.1, 0.15) is 11.5 Å². The van der Waals surface area contributed by atoms with E-state index in [1.807, 2.05) is 53.3 Å². The first-order valence-electron chi connectivity index (χ1n) is 9.46. The van der Waals surface area contributed by atoms with Crippen LogP contribution in [-0.4, -0.2) is 41.3 Å². The molecule has 0 saturated carbocycles. The highest BCUT2D eigenvalue weighted by Crippen LogP contribution is 2.28. The van der Waals surface area contributed by atoms with Gasteiger partial charge in [-0.15, -0.1) is 11.6 Å². The van der Waals surface area contributed by atoms with E-state index in [1.54, 1.807) is 20.4 Å². The fraction of sp³-hybridized carbons (Fsp3) is 0.318. The van der Waals surface area contributed by atoms with Crippen LogP contribution in [0.25, 0.3) is 0 Å². The summed E-state index contributed by atoms with van der Waals surface area (Å²) >= 11 is 18.8. The maximum atomic E-state index is 6.30. The molecular weight excluding hydrogens is 445 g/mol. The molecule has 8 heteroatoms. The van der Waals surface area contributed by atoms with E-state index in [0.717, 1.165) is 22.6 Å². The number of nitrogens with zero attached hydrogens (tertiary/aromatic N) is 3. The first kappa shape index (κ1) is 22.8. The van der Waals surface area contributed by atoms with E-state index in [1.165, 1.54) is 0 Å². The van der Waals surface area contributed by atoms with Crippen LogP contribution in [0, 0.1) is 0 Å². The lowest BCUT2D eigenvalue weighted by Crippen LogP contribution is -2.32. The Kier molecular flexibility index (Phi) is 8.28. The van der Waals surface area contributed by atoms with Crippen molar-refractivity contribution in [3.05, 3.63) is 76.0 Å². The molecule has 160 valence electrons. The van der Waals surface area contributed by atoms with Crippen molar-refractivity contribution >= 4 is 34.8 Å². The molecule has 3 aromatic rings. The first-order chi connectivity index (χ1) is 14.5. The fourth-order valence-electron chi connectivity index (χ4n) is 3.41. The molecular formula is C22H24Cl3N3O2. The molecule has 5 nitrogen and oxygen atoms in total. The molecule has 1 heterocycles. The average molecular weight is 469 g/mol. The number of hydrogen-bond acceptors (Lipinski definition) is 4. The Labute approximate surface area is 192 Å². The van der Waals surface area contributed by atoms with E-state index in [2.05, 4.69) is 10.00 Å². The van der Waals surface area contributed by atoms with Crippen LogP contribution >= 0.6 is 34.8 Å². The van der Waals surface area contributed by atoms with Gasteiger partial charge in [-0.25, -0.2) is 0 Å². The fourth-order valence-corrected chi connectivity index (χ4v) is 4.03. The van der Waals surface area contributed by atoms with Crippen molar-refractivity contribution in [3.63, 3.8) is 0 Å². The van der Waals surface area contributed by atoms with Crippen molar-refractivity contribution in [1.82, 2.24) is 14.7 Å². The predicted molar refractivity (Wildman–Crippen MR) is 122 cm³/mol. The zero-order valence-electron chi connectivity index (χ0n) is 16.9. The number of alkyl halides is 1. The Morgan fingerprint density at radius 2 is 1.53 bits per heavy atom. The van der Waals surface area contributed by atoms with E-state index in [4.69, 9.17) is 44.3 Å². The second-order valence-corrected chi connectivity index (χ2v) is 8.06. The number of hydrogen-bond donors (Lipinski definition) is 0. The molecule has 1 aromatic heterocycles. The lowest BCUT2D eigenvalue weighted by Gasteiger charge is -2.28. The minimum Gasteiger partial charge on any atom is -0.496 e. The molecule has 0 amide bonds. The minimum atomic E-state index is -0.00275. The smallest absolute Gasteiger partial charge is 0.123 e. The van der Waals surface area contributed by atoms with E-state index in [9.17, 15) is 0 Å². The molecule has 0 spiro atoms. The maximum Gasteiger partial charge on any atom is 0.123 e. The number of aromatic nitrogens is 2. The highest BCUT2D eigenvalue weighted by molar-refractivity contribution is 6.31. The third-order valence-electron chi connectivity index (χ3n) is 4.82. The van der Waals surface area contributed by atoms with Crippen LogP contribution in [0.5, 0.6) is 11.5 Å². The van der Waals surface area contributed by atoms with Gasteiger partial charge in [0.05, 0.1) is 20.3 Å². The van der Waals surface area contributed by atoms with Crippen LogP contribution in [0.15, 0.2) is 54.9 Å². The van der Waals surface area contributed by atoms with Gasteiger partial charge in [0, 0.05) is 59.1 Å². The summed E-state index contributed by atoms with van der Waals surface area (Å²) in [5, 5.41) is 5.68. The average Bonchev–Trinajstić information content (AvgIpc) is 3.27. The normalized spacial score (nSPS) is 12.2. The quantitative estimate of drug-likeness (QED) is 0.358. The van der Waals surface area contributed by atoms with Crippen LogP contribution in [0.2, 0.25) is 10.0 Å². The molecule has 0 fully saturated rings. The molecule has 30 heavy (non-hydrogen) atoms. The van der Waals surface area contributed by atoms with Gasteiger partial charge >= 0.3 is 0 Å². The lowest BCUT2D eigenvalue weighted by molar-refractivity contribution is 0.212. The second-order valence-electron chi connectivity index (χ2n) is 6.88. The van der Waals surface area contributed by atoms with E-state index < -0.39 is 0 Å². The molecule has 0 saturated heterocycles. The van der Waals surface area contributed by atoms with Crippen LogP contribution in [-0.2, 0) is 13.1 Å². The summed E-state index contributed by atoms with van der Waals surface area (Å²) in [5.74, 6) is 1.99. The van der Waals surface area contributed by atoms with Crippen LogP contribution < -0.4 is 9.47 Å². The summed E-state index contributed by atoms with van der Waals surface area (Å²) < 4.78 is 13.0. The van der Waals surface area contributed by atoms with Gasteiger partial charge < -0.3 is 9.47 Å². The van der Waals surface area contributed by atoms with Crippen molar-refractivity contribution in [2.45, 2.75) is 19.1 Å². The molecule has 2 aromatic carbocycles. The monoisotopic (exact) mass is 467 g/mol. The first-order valence-corrected chi connectivity index (χ1v) is 10.8. The largest absolute Gasteiger partial charge is 0.496 e. The number of ether oxygens (including phenoxy) is 2. The highest BCUT2D eigenvalue weighted by Gasteiger charge is 2.19.